The molecule has 37 heavy (non-hydrogen) atoms. The van der Waals surface area contributed by atoms with E-state index in [1.54, 1.807) is 38.3 Å². The van der Waals surface area contributed by atoms with Crippen molar-refractivity contribution in [3.8, 4) is 28.5 Å². The fourth-order valence-corrected chi connectivity index (χ4v) is 4.52. The van der Waals surface area contributed by atoms with Crippen molar-refractivity contribution in [3.63, 3.8) is 0 Å². The molecule has 0 radical (unpaired) electrons. The van der Waals surface area contributed by atoms with E-state index in [1.165, 1.54) is 0 Å². The average Bonchev–Trinajstić information content (AvgIpc) is 3.24. The lowest BCUT2D eigenvalue weighted by atomic mass is 10.1. The van der Waals surface area contributed by atoms with Gasteiger partial charge in [-0.25, -0.2) is 9.50 Å². The third-order valence-electron chi connectivity index (χ3n) is 5.81. The Kier molecular flexibility index (Phi) is 7.04. The maximum Gasteiger partial charge on any atom is 0.162 e. The molecule has 0 fully saturated rings. The van der Waals surface area contributed by atoms with Gasteiger partial charge >= 0.3 is 0 Å². The highest BCUT2D eigenvalue weighted by Gasteiger charge is 2.20. The van der Waals surface area contributed by atoms with Gasteiger partial charge in [0, 0.05) is 42.5 Å². The summed E-state index contributed by atoms with van der Waals surface area (Å²) in [6.45, 7) is 2.02. The van der Waals surface area contributed by atoms with E-state index in [4.69, 9.17) is 19.6 Å². The predicted molar refractivity (Wildman–Crippen MR) is 149 cm³/mol. The summed E-state index contributed by atoms with van der Waals surface area (Å²) in [5.74, 6) is 2.99. The molecule has 0 amide bonds. The zero-order chi connectivity index (χ0) is 25.8. The number of pyridine rings is 1. The number of hydrogen-bond acceptors (Lipinski definition) is 8. The van der Waals surface area contributed by atoms with Gasteiger partial charge in [0.05, 0.1) is 18.4 Å². The second-order valence-corrected chi connectivity index (χ2v) is 8.94. The molecule has 0 unspecified atom stereocenters. The molecular weight excluding hydrogens is 484 g/mol. The first-order chi connectivity index (χ1) is 18.1. The van der Waals surface area contributed by atoms with Crippen LogP contribution in [-0.2, 0) is 0 Å². The summed E-state index contributed by atoms with van der Waals surface area (Å²) in [4.78, 5) is 13.3. The maximum absolute atomic E-state index is 5.88. The largest absolute Gasteiger partial charge is 0.497 e. The van der Waals surface area contributed by atoms with Crippen LogP contribution in [-0.4, -0.2) is 46.2 Å². The third-order valence-corrected chi connectivity index (χ3v) is 6.51. The Morgan fingerprint density at radius 3 is 2.27 bits per heavy atom. The highest BCUT2D eigenvalue weighted by Crippen LogP contribution is 2.34. The van der Waals surface area contributed by atoms with Crippen LogP contribution in [0.25, 0.3) is 16.9 Å². The minimum absolute atomic E-state index is 0.725. The minimum Gasteiger partial charge on any atom is -0.497 e. The Balaban J connectivity index is 1.54. The quantitative estimate of drug-likeness (QED) is 0.147. The molecule has 0 saturated heterocycles. The molecule has 2 aromatic carbocycles. The van der Waals surface area contributed by atoms with Crippen molar-refractivity contribution in [1.29, 1.82) is 0 Å². The number of fused-ring (bicyclic) bond motifs is 1. The van der Waals surface area contributed by atoms with Crippen molar-refractivity contribution in [2.75, 3.05) is 25.7 Å². The van der Waals surface area contributed by atoms with E-state index < -0.39 is 0 Å². The number of benzene rings is 2. The lowest BCUT2D eigenvalue weighted by Crippen LogP contribution is -2.05. The number of methoxy groups -OCH3 is 1. The van der Waals surface area contributed by atoms with Gasteiger partial charge in [-0.15, -0.1) is 16.9 Å². The number of thioether (sulfide) groups is 1. The Morgan fingerprint density at radius 2 is 1.62 bits per heavy atom. The van der Waals surface area contributed by atoms with Crippen LogP contribution in [0.2, 0.25) is 0 Å². The Morgan fingerprint density at radius 1 is 0.946 bits per heavy atom. The van der Waals surface area contributed by atoms with Crippen molar-refractivity contribution in [2.24, 2.45) is 4.99 Å². The van der Waals surface area contributed by atoms with Gasteiger partial charge in [0.15, 0.2) is 11.5 Å². The highest BCUT2D eigenvalue weighted by molar-refractivity contribution is 7.98. The molecule has 3 aromatic heterocycles. The zero-order valence-electron chi connectivity index (χ0n) is 21.0. The molecule has 0 bridgehead atoms. The minimum atomic E-state index is 0.725. The fraction of sp³-hybridized carbons (Fsp3) is 0.143. The third kappa shape index (κ3) is 4.99. The molecule has 186 valence electrons. The topological polar surface area (TPSA) is 85.9 Å². The van der Waals surface area contributed by atoms with Crippen LogP contribution < -0.4 is 14.8 Å². The molecule has 1 N–H and O–H groups in total. The molecule has 5 rings (SSSR count). The number of aliphatic imine (C=N–C) groups is 1. The summed E-state index contributed by atoms with van der Waals surface area (Å²) < 4.78 is 13.1. The first kappa shape index (κ1) is 24.3. The number of nitrogens with zero attached hydrogens (tertiary/aromatic N) is 5. The molecule has 0 aliphatic heterocycles. The van der Waals surface area contributed by atoms with E-state index in [2.05, 4.69) is 15.3 Å². The first-order valence-corrected chi connectivity index (χ1v) is 12.8. The summed E-state index contributed by atoms with van der Waals surface area (Å²) in [7, 11) is 3.42. The van der Waals surface area contributed by atoms with Crippen molar-refractivity contribution in [3.05, 3.63) is 84.2 Å². The zero-order valence-corrected chi connectivity index (χ0v) is 21.8. The molecular formula is C28H26N6O2S. The standard InChI is InChI=1S/C28H26N6O2S/c1-18-26(31-20-7-11-22(12-8-20)36-23-13-15-30-16-14-23)33-34-25(19-5-9-21(35-3)10-6-19)24(17-29-2)28(37-4)32-27(18)34/h5-17H,1-4H3,(H,31,33). The second kappa shape index (κ2) is 10.7. The van der Waals surface area contributed by atoms with E-state index in [-0.39, 0.29) is 0 Å². The summed E-state index contributed by atoms with van der Waals surface area (Å²) in [5, 5.41) is 9.26. The van der Waals surface area contributed by atoms with Gasteiger partial charge in [-0.3, -0.25) is 9.98 Å². The molecule has 9 heteroatoms. The van der Waals surface area contributed by atoms with Crippen molar-refractivity contribution < 1.29 is 9.47 Å². The van der Waals surface area contributed by atoms with Crippen molar-refractivity contribution in [1.82, 2.24) is 19.6 Å². The van der Waals surface area contributed by atoms with Crippen LogP contribution in [0.3, 0.4) is 0 Å². The van der Waals surface area contributed by atoms with Crippen LogP contribution in [0.5, 0.6) is 17.2 Å². The van der Waals surface area contributed by atoms with Crippen LogP contribution in [0.1, 0.15) is 11.1 Å². The summed E-state index contributed by atoms with van der Waals surface area (Å²) in [5.41, 5.74) is 5.44. The number of ether oxygens (including phenoxy) is 2. The Hall–Kier alpha value is -4.37. The van der Waals surface area contributed by atoms with Gasteiger partial charge < -0.3 is 14.8 Å². The highest BCUT2D eigenvalue weighted by atomic mass is 32.2. The smallest absolute Gasteiger partial charge is 0.162 e. The lowest BCUT2D eigenvalue weighted by Gasteiger charge is -2.13. The molecule has 0 atom stereocenters. The number of aromatic nitrogens is 4. The van der Waals surface area contributed by atoms with Gasteiger partial charge in [0.25, 0.3) is 0 Å². The number of nitrogens with one attached hydrogen (secondary N) is 1. The molecule has 0 aliphatic rings. The SMILES string of the molecule is CN=Cc1c(SC)nc2c(C)c(Nc3ccc(Oc4ccncc4)cc3)nn2c1-c1ccc(OC)cc1. The van der Waals surface area contributed by atoms with Gasteiger partial charge in [-0.1, -0.05) is 0 Å². The first-order valence-electron chi connectivity index (χ1n) is 11.6. The molecule has 0 spiro atoms. The predicted octanol–water partition coefficient (Wildman–Crippen LogP) is 6.41. The Labute approximate surface area is 219 Å². The number of anilines is 2. The lowest BCUT2D eigenvalue weighted by molar-refractivity contribution is 0.415. The van der Waals surface area contributed by atoms with E-state index in [1.807, 2.05) is 84.6 Å². The number of aryl methyl sites for hydroxylation is 1. The van der Waals surface area contributed by atoms with Crippen LogP contribution in [0.15, 0.2) is 83.1 Å². The van der Waals surface area contributed by atoms with E-state index in [0.717, 1.165) is 61.8 Å². The Bertz CT molecular complexity index is 1550. The van der Waals surface area contributed by atoms with Gasteiger partial charge in [0.2, 0.25) is 0 Å². The average molecular weight is 511 g/mol. The van der Waals surface area contributed by atoms with Crippen molar-refractivity contribution >= 4 is 35.1 Å². The summed E-state index contributed by atoms with van der Waals surface area (Å²) in [6, 6.07) is 19.3. The van der Waals surface area contributed by atoms with E-state index >= 15 is 0 Å². The van der Waals surface area contributed by atoms with Crippen molar-refractivity contribution in [2.45, 2.75) is 11.9 Å². The van der Waals surface area contributed by atoms with Crippen LogP contribution >= 0.6 is 11.8 Å². The molecule has 8 nitrogen and oxygen atoms in total. The fourth-order valence-electron chi connectivity index (χ4n) is 3.98. The normalized spacial score (nSPS) is 11.2. The van der Waals surface area contributed by atoms with Gasteiger partial charge in [-0.05, 0) is 73.8 Å². The van der Waals surface area contributed by atoms with E-state index in [0.29, 0.717) is 0 Å². The molecule has 3 heterocycles. The molecule has 0 saturated carbocycles. The van der Waals surface area contributed by atoms with Crippen LogP contribution in [0, 0.1) is 6.92 Å². The van der Waals surface area contributed by atoms with Gasteiger partial charge in [0.1, 0.15) is 22.3 Å². The molecule has 5 aromatic rings. The second-order valence-electron chi connectivity index (χ2n) is 8.14. The monoisotopic (exact) mass is 510 g/mol. The summed E-state index contributed by atoms with van der Waals surface area (Å²) >= 11 is 1.58. The molecule has 0 aliphatic carbocycles. The van der Waals surface area contributed by atoms with E-state index in [9.17, 15) is 0 Å². The summed E-state index contributed by atoms with van der Waals surface area (Å²) in [6.07, 6.45) is 7.26. The number of rotatable bonds is 8. The maximum atomic E-state index is 5.88. The number of hydrogen-bond donors (Lipinski definition) is 1. The van der Waals surface area contributed by atoms with Gasteiger partial charge in [-0.2, -0.15) is 0 Å². The van der Waals surface area contributed by atoms with Crippen LogP contribution in [0.4, 0.5) is 11.5 Å².